The average Bonchev–Trinajstić information content (AvgIpc) is 1.65. The van der Waals surface area contributed by atoms with Crippen LogP contribution >= 0.6 is 0 Å². The number of aryl methyl sites for hydroxylation is 6. The van der Waals surface area contributed by atoms with E-state index < -0.39 is 0 Å². The van der Waals surface area contributed by atoms with E-state index in [1.54, 1.807) is 117 Å². The van der Waals surface area contributed by atoms with Crippen molar-refractivity contribution in [3.63, 3.8) is 0 Å². The summed E-state index contributed by atoms with van der Waals surface area (Å²) >= 11 is 0. The zero-order valence-electron chi connectivity index (χ0n) is 81.8. The Bertz CT molecular complexity index is 5460. The summed E-state index contributed by atoms with van der Waals surface area (Å²) in [6.07, 6.45) is 27.3. The van der Waals surface area contributed by atoms with Crippen molar-refractivity contribution in [3.8, 4) is 0 Å². The second-order valence-corrected chi connectivity index (χ2v) is 34.0. The van der Waals surface area contributed by atoms with Crippen molar-refractivity contribution in [3.05, 3.63) is 341 Å². The minimum atomic E-state index is 0. The molecular weight excluding hydrogens is 1630 g/mol. The SMILES string of the molecule is C.C.C.C.C.CC.CC.CC1=C(C)Cc2ccccc2C1.CC1=C(C)Cc2ccccc2C1.CC1=C(C)Cc2ccccc2C1.CC1=C(C)Cc2ccccc2C1.CC1=C(C)Cc2ccccc2C1.CC1=C(C)Cc2ccccc2C1.CCn1cnc2c(C)ncnc21.CCn1cnc2c(N(C)C)ncnc21.CCn1cnc2ncnc(C)c21.CCn1cnc2ncnc(N(C)C)c21. The van der Waals surface area contributed by atoms with Crippen LogP contribution in [0.1, 0.15) is 254 Å². The third-order valence-electron chi connectivity index (χ3n) is 24.7. The van der Waals surface area contributed by atoms with Gasteiger partial charge in [-0.3, -0.25) is 0 Å². The molecule has 0 amide bonds. The fourth-order valence-electron chi connectivity index (χ4n) is 16.1. The van der Waals surface area contributed by atoms with Gasteiger partial charge in [-0.15, -0.1) is 0 Å². The van der Waals surface area contributed by atoms with Gasteiger partial charge < -0.3 is 28.1 Å². The first-order chi connectivity index (χ1) is 61.7. The number of hydrogen-bond acceptors (Lipinski definition) is 14. The van der Waals surface area contributed by atoms with Crippen LogP contribution in [-0.2, 0) is 103 Å². The molecule has 0 spiro atoms. The highest BCUT2D eigenvalue weighted by Gasteiger charge is 2.19. The maximum absolute atomic E-state index is 4.31. The van der Waals surface area contributed by atoms with Gasteiger partial charge in [0.05, 0.1) is 36.7 Å². The molecule has 0 saturated carbocycles. The van der Waals surface area contributed by atoms with E-state index in [9.17, 15) is 0 Å². The quantitative estimate of drug-likeness (QED) is 0.143. The van der Waals surface area contributed by atoms with Crippen molar-refractivity contribution in [2.45, 2.75) is 293 Å². The van der Waals surface area contributed by atoms with Crippen LogP contribution in [0, 0.1) is 13.8 Å². The molecule has 0 atom stereocenters. The molecule has 0 unspecified atom stereocenters. The number of allylic oxidation sites excluding steroid dienone is 12. The summed E-state index contributed by atoms with van der Waals surface area (Å²) in [5, 5.41) is 0. The molecule has 0 saturated heterocycles. The largest absolute Gasteiger partial charge is 0.361 e. The second-order valence-electron chi connectivity index (χ2n) is 34.0. The Morgan fingerprint density at radius 3 is 0.692 bits per heavy atom. The number of imidazole rings is 4. The van der Waals surface area contributed by atoms with E-state index in [-0.39, 0.29) is 37.1 Å². The van der Waals surface area contributed by atoms with Gasteiger partial charge in [0.2, 0.25) is 0 Å². The predicted molar refractivity (Wildman–Crippen MR) is 572 cm³/mol. The Labute approximate surface area is 801 Å². The molecule has 18 heteroatoms. The molecule has 20 rings (SSSR count). The van der Waals surface area contributed by atoms with Crippen molar-refractivity contribution in [1.29, 1.82) is 0 Å². The van der Waals surface area contributed by atoms with E-state index in [0.717, 1.165) is 171 Å². The van der Waals surface area contributed by atoms with Crippen LogP contribution in [0.15, 0.2) is 263 Å². The average molecular weight is 1800 g/mol. The Hall–Kier alpha value is -12.4. The molecule has 6 aliphatic rings. The van der Waals surface area contributed by atoms with Gasteiger partial charge in [-0.2, -0.15) is 0 Å². The topological polar surface area (TPSA) is 181 Å². The maximum atomic E-state index is 4.31. The van der Waals surface area contributed by atoms with Crippen LogP contribution in [0.2, 0.25) is 0 Å². The molecule has 0 aliphatic heterocycles. The van der Waals surface area contributed by atoms with Crippen molar-refractivity contribution in [2.75, 3.05) is 38.0 Å². The fraction of sp³-hybridized carbons (Fsp3) is 0.409. The minimum absolute atomic E-state index is 0. The number of benzene rings is 6. The van der Waals surface area contributed by atoms with Crippen molar-refractivity contribution in [2.24, 2.45) is 0 Å². The maximum Gasteiger partial charge on any atom is 0.182 e. The summed E-state index contributed by atoms with van der Waals surface area (Å²) in [6, 6.07) is 52.5. The van der Waals surface area contributed by atoms with E-state index in [1.165, 1.54) is 66.8 Å². The van der Waals surface area contributed by atoms with E-state index in [2.05, 4.69) is 316 Å². The minimum Gasteiger partial charge on any atom is -0.361 e. The van der Waals surface area contributed by atoms with Crippen LogP contribution < -0.4 is 9.80 Å². The van der Waals surface area contributed by atoms with Crippen LogP contribution in [0.3, 0.4) is 0 Å². The molecule has 6 aromatic carbocycles. The lowest BCUT2D eigenvalue weighted by Crippen LogP contribution is -2.12. The van der Waals surface area contributed by atoms with Gasteiger partial charge in [0.25, 0.3) is 0 Å². The molecule has 0 N–H and O–H groups in total. The normalized spacial score (nSPS) is 13.1. The molecule has 18 nitrogen and oxygen atoms in total. The standard InChI is InChI=1S/6C12H14.2C9H13N5.2C8H10N4.2C2H6.5CH4/c6*1-9-7-11-5-3-4-6-12(11)8-10(9)2;1-4-14-6-12-8-7(14)9(13(2)3)11-5-10-8;1-4-14-6-12-7-8(13(2)3)10-5-11-9(7)14;1-3-12-5-11-8-7(12)6(2)9-4-10-8;1-3-12-5-11-7-6(2)9-4-10-8(7)12;2*1-2;;;;;/h6*3-6H,7-8H2,1-2H3;2*5-6H,4H2,1-3H3;2*4-5H,3H2,1-2H3;2*1-2H3;5*1H4. The van der Waals surface area contributed by atoms with E-state index in [1.807, 2.05) is 97.8 Å². The first-order valence-corrected chi connectivity index (χ1v) is 46.0. The summed E-state index contributed by atoms with van der Waals surface area (Å²) in [6.45, 7) is 50.7. The van der Waals surface area contributed by atoms with E-state index in [0.29, 0.717) is 0 Å². The molecule has 0 radical (unpaired) electrons. The zero-order chi connectivity index (χ0) is 92.7. The zero-order valence-corrected chi connectivity index (χ0v) is 81.8. The Morgan fingerprint density at radius 1 is 0.226 bits per heavy atom. The fourth-order valence-corrected chi connectivity index (χ4v) is 16.1. The van der Waals surface area contributed by atoms with Crippen molar-refractivity contribution in [1.82, 2.24) is 78.1 Å². The third kappa shape index (κ3) is 30.3. The summed E-state index contributed by atoms with van der Waals surface area (Å²) < 4.78 is 8.10. The first kappa shape index (κ1) is 113. The lowest BCUT2D eigenvalue weighted by atomic mass is 9.88. The van der Waals surface area contributed by atoms with E-state index >= 15 is 0 Å². The van der Waals surface area contributed by atoms with Crippen LogP contribution in [0.25, 0.3) is 44.7 Å². The van der Waals surface area contributed by atoms with Gasteiger partial charge >= 0.3 is 0 Å². The number of anilines is 2. The molecule has 712 valence electrons. The van der Waals surface area contributed by atoms with Crippen LogP contribution in [0.5, 0.6) is 0 Å². The molecule has 6 aliphatic carbocycles. The number of hydrogen-bond donors (Lipinski definition) is 0. The van der Waals surface area contributed by atoms with E-state index in [4.69, 9.17) is 0 Å². The Morgan fingerprint density at radius 2 is 0.429 bits per heavy atom. The third-order valence-corrected chi connectivity index (χ3v) is 24.7. The van der Waals surface area contributed by atoms with Gasteiger partial charge in [0, 0.05) is 54.4 Å². The van der Waals surface area contributed by atoms with Crippen LogP contribution in [0.4, 0.5) is 11.6 Å². The summed E-state index contributed by atoms with van der Waals surface area (Å²) in [4.78, 5) is 54.0. The highest BCUT2D eigenvalue weighted by Crippen LogP contribution is 2.32. The molecule has 8 aromatic heterocycles. The Balaban J connectivity index is 0.000000307. The lowest BCUT2D eigenvalue weighted by Gasteiger charge is -2.18. The predicted octanol–water partition coefficient (Wildman–Crippen LogP) is 28.1. The number of rotatable bonds is 6. The monoisotopic (exact) mass is 1800 g/mol. The van der Waals surface area contributed by atoms with Gasteiger partial charge in [0.1, 0.15) is 41.9 Å². The van der Waals surface area contributed by atoms with Crippen molar-refractivity contribution < 1.29 is 0 Å². The van der Waals surface area contributed by atoms with Gasteiger partial charge in [-0.1, -0.05) is 277 Å². The smallest absolute Gasteiger partial charge is 0.182 e. The van der Waals surface area contributed by atoms with Crippen molar-refractivity contribution >= 4 is 56.3 Å². The summed E-state index contributed by atoms with van der Waals surface area (Å²) in [5.41, 5.74) is 45.8. The Kier molecular flexibility index (Phi) is 47.4. The highest BCUT2D eigenvalue weighted by molar-refractivity contribution is 5.84. The first-order valence-electron chi connectivity index (χ1n) is 46.0. The summed E-state index contributed by atoms with van der Waals surface area (Å²) in [5.74, 6) is 1.77. The molecule has 133 heavy (non-hydrogen) atoms. The van der Waals surface area contributed by atoms with Gasteiger partial charge in [0.15, 0.2) is 39.7 Å². The molecule has 8 heterocycles. The summed E-state index contributed by atoms with van der Waals surface area (Å²) in [7, 11) is 7.84. The second kappa shape index (κ2) is 55.8. The number of aromatic nitrogens is 16. The van der Waals surface area contributed by atoms with Gasteiger partial charge in [-0.25, -0.2) is 59.8 Å². The molecule has 0 bridgehead atoms. The lowest BCUT2D eigenvalue weighted by molar-refractivity contribution is 0.777. The number of fused-ring (bicyclic) bond motifs is 10. The van der Waals surface area contributed by atoms with Gasteiger partial charge in [-0.05, 0) is 268 Å². The number of nitrogens with zero attached hydrogens (tertiary/aromatic N) is 18. The molecule has 14 aromatic rings. The highest BCUT2D eigenvalue weighted by atomic mass is 15.2. The van der Waals surface area contributed by atoms with Crippen LogP contribution in [-0.4, -0.2) is 106 Å². The molecule has 0 fully saturated rings. The molecular formula is C115H162N18.